The van der Waals surface area contributed by atoms with E-state index >= 15 is 0 Å². The van der Waals surface area contributed by atoms with Crippen LogP contribution in [0.5, 0.6) is 0 Å². The number of rotatable bonds is 4. The Hall–Kier alpha value is -2.37. The lowest BCUT2D eigenvalue weighted by Crippen LogP contribution is -2.32. The van der Waals surface area contributed by atoms with Crippen LogP contribution in [0.15, 0.2) is 46.9 Å². The first-order chi connectivity index (χ1) is 11.7. The molecule has 3 aromatic rings. The van der Waals surface area contributed by atoms with Gasteiger partial charge in [0, 0.05) is 17.9 Å². The number of oxazole rings is 1. The number of aliphatic hydroxyl groups is 1. The number of nitrogens with one attached hydrogen (secondary N) is 1. The van der Waals surface area contributed by atoms with E-state index in [1.807, 2.05) is 49.4 Å². The molecule has 0 spiro atoms. The normalized spacial score (nSPS) is 18.8. The Bertz CT molecular complexity index is 835. The summed E-state index contributed by atoms with van der Waals surface area (Å²) in [6.45, 7) is 2.76. The molecule has 5 heteroatoms. The fourth-order valence-corrected chi connectivity index (χ4v) is 2.99. The number of anilines is 1. The van der Waals surface area contributed by atoms with Crippen molar-refractivity contribution in [1.82, 2.24) is 4.98 Å². The first kappa shape index (κ1) is 15.2. The van der Waals surface area contributed by atoms with Gasteiger partial charge in [0.15, 0.2) is 11.8 Å². The van der Waals surface area contributed by atoms with E-state index in [4.69, 9.17) is 9.15 Å². The second-order valence-electron chi connectivity index (χ2n) is 6.21. The molecule has 2 unspecified atom stereocenters. The molecule has 0 aliphatic carbocycles. The molecule has 1 fully saturated rings. The zero-order valence-corrected chi connectivity index (χ0v) is 13.5. The quantitative estimate of drug-likeness (QED) is 0.716. The van der Waals surface area contributed by atoms with Gasteiger partial charge in [0.2, 0.25) is 5.89 Å². The van der Waals surface area contributed by atoms with Crippen molar-refractivity contribution in [3.63, 3.8) is 0 Å². The van der Waals surface area contributed by atoms with E-state index in [-0.39, 0.29) is 6.10 Å². The zero-order chi connectivity index (χ0) is 16.5. The minimum atomic E-state index is -0.689. The summed E-state index contributed by atoms with van der Waals surface area (Å²) in [6, 6.07) is 13.6. The van der Waals surface area contributed by atoms with Crippen LogP contribution in [-0.4, -0.2) is 29.0 Å². The number of aliphatic hydroxyl groups excluding tert-OH is 1. The van der Waals surface area contributed by atoms with E-state index in [9.17, 15) is 5.11 Å². The van der Waals surface area contributed by atoms with Crippen LogP contribution in [0.3, 0.4) is 0 Å². The van der Waals surface area contributed by atoms with Gasteiger partial charge >= 0.3 is 0 Å². The average Bonchev–Trinajstić information content (AvgIpc) is 3.24. The molecule has 5 nitrogen and oxygen atoms in total. The summed E-state index contributed by atoms with van der Waals surface area (Å²) in [7, 11) is 0. The molecule has 0 saturated carbocycles. The Kier molecular flexibility index (Phi) is 3.96. The third-order valence-corrected chi connectivity index (χ3v) is 4.31. The van der Waals surface area contributed by atoms with Crippen LogP contribution in [0.4, 0.5) is 5.69 Å². The van der Waals surface area contributed by atoms with E-state index in [2.05, 4.69) is 10.3 Å². The molecule has 2 atom stereocenters. The number of hydrogen-bond donors (Lipinski definition) is 2. The fraction of sp³-hybridized carbons (Fsp3) is 0.316. The monoisotopic (exact) mass is 324 g/mol. The standard InChI is InChI=1S/C19H20N2O3/c1-12-4-9-16-15(11-12)21-19(24-16)13-5-7-14(8-6-13)20-18(22)17-3-2-10-23-17/h4-9,11,17-18,20,22H,2-3,10H2,1H3. The van der Waals surface area contributed by atoms with E-state index in [1.165, 1.54) is 0 Å². The summed E-state index contributed by atoms with van der Waals surface area (Å²) >= 11 is 0. The van der Waals surface area contributed by atoms with Gasteiger partial charge in [-0.1, -0.05) is 6.07 Å². The Balaban J connectivity index is 1.51. The second-order valence-corrected chi connectivity index (χ2v) is 6.21. The van der Waals surface area contributed by atoms with E-state index in [0.717, 1.165) is 47.4 Å². The molecule has 0 bridgehead atoms. The lowest BCUT2D eigenvalue weighted by Gasteiger charge is -2.19. The largest absolute Gasteiger partial charge is 0.436 e. The molecule has 124 valence electrons. The molecule has 4 rings (SSSR count). The lowest BCUT2D eigenvalue weighted by atomic mass is 10.2. The van der Waals surface area contributed by atoms with Crippen molar-refractivity contribution >= 4 is 16.8 Å². The van der Waals surface area contributed by atoms with Gasteiger partial charge in [0.05, 0.1) is 0 Å². The highest BCUT2D eigenvalue weighted by Crippen LogP contribution is 2.26. The highest BCUT2D eigenvalue weighted by atomic mass is 16.5. The van der Waals surface area contributed by atoms with Gasteiger partial charge in [-0.3, -0.25) is 0 Å². The Morgan fingerprint density at radius 1 is 1.21 bits per heavy atom. The zero-order valence-electron chi connectivity index (χ0n) is 13.5. The van der Waals surface area contributed by atoms with Crippen LogP contribution in [0.25, 0.3) is 22.6 Å². The Morgan fingerprint density at radius 2 is 2.04 bits per heavy atom. The predicted molar refractivity (Wildman–Crippen MR) is 92.8 cm³/mol. The minimum Gasteiger partial charge on any atom is -0.436 e. The van der Waals surface area contributed by atoms with E-state index in [1.54, 1.807) is 0 Å². The van der Waals surface area contributed by atoms with Gasteiger partial charge in [0.1, 0.15) is 11.6 Å². The maximum atomic E-state index is 10.1. The molecule has 1 aromatic heterocycles. The third kappa shape index (κ3) is 3.00. The van der Waals surface area contributed by atoms with Gasteiger partial charge in [-0.05, 0) is 61.7 Å². The molecule has 1 aliphatic rings. The molecular weight excluding hydrogens is 304 g/mol. The lowest BCUT2D eigenvalue weighted by molar-refractivity contribution is 0.0132. The van der Waals surface area contributed by atoms with Crippen molar-refractivity contribution < 1.29 is 14.3 Å². The molecule has 1 aliphatic heterocycles. The number of hydrogen-bond acceptors (Lipinski definition) is 5. The minimum absolute atomic E-state index is 0.134. The Labute approximate surface area is 140 Å². The van der Waals surface area contributed by atoms with E-state index < -0.39 is 6.23 Å². The summed E-state index contributed by atoms with van der Waals surface area (Å²) in [5.41, 5.74) is 4.55. The van der Waals surface area contributed by atoms with Gasteiger partial charge in [0.25, 0.3) is 0 Å². The van der Waals surface area contributed by atoms with Gasteiger partial charge in [-0.25, -0.2) is 4.98 Å². The average molecular weight is 324 g/mol. The maximum Gasteiger partial charge on any atom is 0.227 e. The van der Waals surface area contributed by atoms with Crippen molar-refractivity contribution in [1.29, 1.82) is 0 Å². The Morgan fingerprint density at radius 3 is 2.79 bits per heavy atom. The van der Waals surface area contributed by atoms with Crippen molar-refractivity contribution in [3.05, 3.63) is 48.0 Å². The van der Waals surface area contributed by atoms with Gasteiger partial charge in [-0.15, -0.1) is 0 Å². The molecule has 2 aromatic carbocycles. The SMILES string of the molecule is Cc1ccc2oc(-c3ccc(NC(O)C4CCCO4)cc3)nc2c1. The number of aryl methyl sites for hydroxylation is 1. The van der Waals surface area contributed by atoms with Crippen molar-refractivity contribution in [2.75, 3.05) is 11.9 Å². The predicted octanol–water partition coefficient (Wildman–Crippen LogP) is 3.71. The van der Waals surface area contributed by atoms with Crippen LogP contribution in [0.1, 0.15) is 18.4 Å². The summed E-state index contributed by atoms with van der Waals surface area (Å²) in [5, 5.41) is 13.2. The summed E-state index contributed by atoms with van der Waals surface area (Å²) in [6.07, 6.45) is 1.06. The summed E-state index contributed by atoms with van der Waals surface area (Å²) in [4.78, 5) is 4.54. The number of ether oxygens (including phenoxy) is 1. The van der Waals surface area contributed by atoms with Gasteiger partial charge < -0.3 is 19.6 Å². The molecule has 24 heavy (non-hydrogen) atoms. The summed E-state index contributed by atoms with van der Waals surface area (Å²) < 4.78 is 11.3. The maximum absolute atomic E-state index is 10.1. The third-order valence-electron chi connectivity index (χ3n) is 4.31. The molecular formula is C19H20N2O3. The first-order valence-electron chi connectivity index (χ1n) is 8.23. The highest BCUT2D eigenvalue weighted by molar-refractivity contribution is 5.77. The smallest absolute Gasteiger partial charge is 0.227 e. The van der Waals surface area contributed by atoms with E-state index in [0.29, 0.717) is 5.89 Å². The number of nitrogens with zero attached hydrogens (tertiary/aromatic N) is 1. The van der Waals surface area contributed by atoms with Crippen LogP contribution in [-0.2, 0) is 4.74 Å². The number of fused-ring (bicyclic) bond motifs is 1. The van der Waals surface area contributed by atoms with Crippen molar-refractivity contribution in [2.45, 2.75) is 32.1 Å². The molecule has 2 heterocycles. The number of benzene rings is 2. The van der Waals surface area contributed by atoms with Gasteiger partial charge in [-0.2, -0.15) is 0 Å². The molecule has 2 N–H and O–H groups in total. The van der Waals surface area contributed by atoms with Crippen molar-refractivity contribution in [2.24, 2.45) is 0 Å². The second kappa shape index (κ2) is 6.26. The highest BCUT2D eigenvalue weighted by Gasteiger charge is 2.23. The molecule has 0 radical (unpaired) electrons. The van der Waals surface area contributed by atoms with Crippen LogP contribution in [0, 0.1) is 6.92 Å². The van der Waals surface area contributed by atoms with Crippen LogP contribution < -0.4 is 5.32 Å². The molecule has 1 saturated heterocycles. The number of aromatic nitrogens is 1. The molecule has 0 amide bonds. The van der Waals surface area contributed by atoms with Crippen LogP contribution in [0.2, 0.25) is 0 Å². The van der Waals surface area contributed by atoms with Crippen molar-refractivity contribution in [3.8, 4) is 11.5 Å². The first-order valence-corrected chi connectivity index (χ1v) is 8.23. The topological polar surface area (TPSA) is 67.5 Å². The summed E-state index contributed by atoms with van der Waals surface area (Å²) in [5.74, 6) is 0.599. The fourth-order valence-electron chi connectivity index (χ4n) is 2.99. The van der Waals surface area contributed by atoms with Crippen LogP contribution >= 0.6 is 0 Å².